The molecule has 0 aliphatic rings. The van der Waals surface area contributed by atoms with Crippen molar-refractivity contribution in [3.8, 4) is 0 Å². The van der Waals surface area contributed by atoms with Crippen LogP contribution in [0, 0.1) is 5.92 Å². The Morgan fingerprint density at radius 1 is 0.966 bits per heavy atom. The summed E-state index contributed by atoms with van der Waals surface area (Å²) < 4.78 is 5.06. The SMILES string of the molecule is COCCCNC(=O)[C@@H](Cc1ccccc1)N(Cc1ccccc1)C(=O)C(C)C. The van der Waals surface area contributed by atoms with Crippen LogP contribution >= 0.6 is 0 Å². The molecule has 29 heavy (non-hydrogen) atoms. The molecule has 0 aliphatic heterocycles. The summed E-state index contributed by atoms with van der Waals surface area (Å²) in [4.78, 5) is 27.9. The van der Waals surface area contributed by atoms with Crippen LogP contribution in [-0.2, 0) is 27.3 Å². The Balaban J connectivity index is 2.28. The zero-order valence-electron chi connectivity index (χ0n) is 17.6. The van der Waals surface area contributed by atoms with E-state index in [1.165, 1.54) is 0 Å². The third-order valence-electron chi connectivity index (χ3n) is 4.75. The number of nitrogens with one attached hydrogen (secondary N) is 1. The van der Waals surface area contributed by atoms with E-state index in [4.69, 9.17) is 4.74 Å². The van der Waals surface area contributed by atoms with E-state index < -0.39 is 6.04 Å². The highest BCUT2D eigenvalue weighted by Crippen LogP contribution is 2.17. The summed E-state index contributed by atoms with van der Waals surface area (Å²) in [7, 11) is 1.64. The van der Waals surface area contributed by atoms with Gasteiger partial charge in [-0.15, -0.1) is 0 Å². The summed E-state index contributed by atoms with van der Waals surface area (Å²) >= 11 is 0. The predicted octanol–water partition coefficient (Wildman–Crippen LogP) is 3.44. The zero-order chi connectivity index (χ0) is 21.1. The van der Waals surface area contributed by atoms with Gasteiger partial charge in [-0.25, -0.2) is 0 Å². The molecule has 0 aromatic heterocycles. The Bertz CT molecular complexity index is 747. The Morgan fingerprint density at radius 3 is 2.10 bits per heavy atom. The topological polar surface area (TPSA) is 58.6 Å². The molecule has 0 bridgehead atoms. The Hall–Kier alpha value is -2.66. The van der Waals surface area contributed by atoms with Crippen LogP contribution in [0.15, 0.2) is 60.7 Å². The lowest BCUT2D eigenvalue weighted by molar-refractivity contribution is -0.143. The minimum atomic E-state index is -0.574. The maximum absolute atomic E-state index is 13.1. The van der Waals surface area contributed by atoms with E-state index in [9.17, 15) is 9.59 Å². The second-order valence-electron chi connectivity index (χ2n) is 7.45. The van der Waals surface area contributed by atoms with Gasteiger partial charge < -0.3 is 15.0 Å². The van der Waals surface area contributed by atoms with Crippen molar-refractivity contribution < 1.29 is 14.3 Å². The molecule has 5 heteroatoms. The van der Waals surface area contributed by atoms with Gasteiger partial charge in [-0.1, -0.05) is 74.5 Å². The minimum absolute atomic E-state index is 0.0261. The Kier molecular flexibility index (Phi) is 9.38. The van der Waals surface area contributed by atoms with Crippen molar-refractivity contribution in [2.24, 2.45) is 5.92 Å². The molecule has 0 unspecified atom stereocenters. The van der Waals surface area contributed by atoms with Gasteiger partial charge in [-0.3, -0.25) is 9.59 Å². The number of amides is 2. The number of rotatable bonds is 11. The van der Waals surface area contributed by atoms with Crippen LogP contribution in [0.4, 0.5) is 0 Å². The molecular formula is C24H32N2O3. The van der Waals surface area contributed by atoms with E-state index in [1.807, 2.05) is 74.5 Å². The van der Waals surface area contributed by atoms with Gasteiger partial charge in [0.1, 0.15) is 6.04 Å². The van der Waals surface area contributed by atoms with Crippen LogP contribution in [0.1, 0.15) is 31.4 Å². The molecule has 156 valence electrons. The van der Waals surface area contributed by atoms with Crippen LogP contribution in [-0.4, -0.2) is 43.0 Å². The Labute approximate surface area is 174 Å². The third-order valence-corrected chi connectivity index (χ3v) is 4.75. The van der Waals surface area contributed by atoms with Crippen molar-refractivity contribution in [3.63, 3.8) is 0 Å². The number of ether oxygens (including phenoxy) is 1. The van der Waals surface area contributed by atoms with E-state index in [0.29, 0.717) is 26.1 Å². The van der Waals surface area contributed by atoms with Gasteiger partial charge in [0, 0.05) is 39.1 Å². The average molecular weight is 397 g/mol. The first-order valence-corrected chi connectivity index (χ1v) is 10.2. The number of carbonyl (C=O) groups is 2. The first-order valence-electron chi connectivity index (χ1n) is 10.2. The highest BCUT2D eigenvalue weighted by atomic mass is 16.5. The molecule has 1 atom stereocenters. The van der Waals surface area contributed by atoms with Gasteiger partial charge in [0.15, 0.2) is 0 Å². The molecule has 0 saturated heterocycles. The van der Waals surface area contributed by atoms with Crippen LogP contribution in [0.5, 0.6) is 0 Å². The quantitative estimate of drug-likeness (QED) is 0.592. The molecule has 0 aliphatic carbocycles. The van der Waals surface area contributed by atoms with E-state index in [1.54, 1.807) is 12.0 Å². The molecule has 2 rings (SSSR count). The molecule has 5 nitrogen and oxygen atoms in total. The monoisotopic (exact) mass is 396 g/mol. The lowest BCUT2D eigenvalue weighted by Crippen LogP contribution is -2.51. The lowest BCUT2D eigenvalue weighted by atomic mass is 10.0. The molecule has 2 aromatic rings. The predicted molar refractivity (Wildman–Crippen MR) is 115 cm³/mol. The molecular weight excluding hydrogens is 364 g/mol. The van der Waals surface area contributed by atoms with E-state index in [0.717, 1.165) is 17.5 Å². The van der Waals surface area contributed by atoms with Crippen molar-refractivity contribution in [1.82, 2.24) is 10.2 Å². The Morgan fingerprint density at radius 2 is 1.55 bits per heavy atom. The number of methoxy groups -OCH3 is 1. The summed E-state index contributed by atoms with van der Waals surface area (Å²) in [5, 5.41) is 2.99. The molecule has 0 saturated carbocycles. The van der Waals surface area contributed by atoms with E-state index >= 15 is 0 Å². The molecule has 1 N–H and O–H groups in total. The lowest BCUT2D eigenvalue weighted by Gasteiger charge is -2.32. The van der Waals surface area contributed by atoms with Crippen LogP contribution in [0.25, 0.3) is 0 Å². The van der Waals surface area contributed by atoms with Crippen molar-refractivity contribution in [2.45, 2.75) is 39.3 Å². The largest absolute Gasteiger partial charge is 0.385 e. The number of hydrogen-bond acceptors (Lipinski definition) is 3. The van der Waals surface area contributed by atoms with Crippen LogP contribution in [0.3, 0.4) is 0 Å². The van der Waals surface area contributed by atoms with Gasteiger partial charge in [0.25, 0.3) is 0 Å². The molecule has 2 aromatic carbocycles. The molecule has 2 amide bonds. The first kappa shape index (κ1) is 22.6. The first-order chi connectivity index (χ1) is 14.0. The van der Waals surface area contributed by atoms with Crippen molar-refractivity contribution >= 4 is 11.8 Å². The highest BCUT2D eigenvalue weighted by Gasteiger charge is 2.31. The van der Waals surface area contributed by atoms with E-state index in [-0.39, 0.29) is 17.7 Å². The van der Waals surface area contributed by atoms with Crippen molar-refractivity contribution in [2.75, 3.05) is 20.3 Å². The van der Waals surface area contributed by atoms with Gasteiger partial charge in [-0.05, 0) is 17.5 Å². The van der Waals surface area contributed by atoms with Crippen LogP contribution in [0.2, 0.25) is 0 Å². The molecule has 0 radical (unpaired) electrons. The number of nitrogens with zero attached hydrogens (tertiary/aromatic N) is 1. The highest BCUT2D eigenvalue weighted by molar-refractivity contribution is 5.88. The van der Waals surface area contributed by atoms with E-state index in [2.05, 4.69) is 5.32 Å². The standard InChI is InChI=1S/C24H32N2O3/c1-19(2)24(28)26(18-21-13-8-5-9-14-21)22(17-20-11-6-4-7-12-20)23(27)25-15-10-16-29-3/h4-9,11-14,19,22H,10,15-18H2,1-3H3,(H,25,27)/t22-/m1/s1. The third kappa shape index (κ3) is 7.35. The summed E-state index contributed by atoms with van der Waals surface area (Å²) in [5.74, 6) is -0.352. The summed E-state index contributed by atoms with van der Waals surface area (Å²) in [6, 6.07) is 19.1. The zero-order valence-corrected chi connectivity index (χ0v) is 17.6. The number of carbonyl (C=O) groups excluding carboxylic acids is 2. The molecule has 0 fully saturated rings. The summed E-state index contributed by atoms with van der Waals surface area (Å²) in [6.07, 6.45) is 1.21. The normalized spacial score (nSPS) is 11.9. The maximum Gasteiger partial charge on any atom is 0.243 e. The summed E-state index contributed by atoms with van der Waals surface area (Å²) in [5.41, 5.74) is 2.03. The fraction of sp³-hybridized carbons (Fsp3) is 0.417. The average Bonchev–Trinajstić information content (AvgIpc) is 2.74. The van der Waals surface area contributed by atoms with Crippen molar-refractivity contribution in [3.05, 3.63) is 71.8 Å². The van der Waals surface area contributed by atoms with Gasteiger partial charge >= 0.3 is 0 Å². The number of benzene rings is 2. The second kappa shape index (κ2) is 12.0. The molecule has 0 spiro atoms. The smallest absolute Gasteiger partial charge is 0.243 e. The van der Waals surface area contributed by atoms with Gasteiger partial charge in [0.05, 0.1) is 0 Å². The fourth-order valence-corrected chi connectivity index (χ4v) is 3.18. The second-order valence-corrected chi connectivity index (χ2v) is 7.45. The molecule has 0 heterocycles. The fourth-order valence-electron chi connectivity index (χ4n) is 3.18. The van der Waals surface area contributed by atoms with Gasteiger partial charge in [-0.2, -0.15) is 0 Å². The van der Waals surface area contributed by atoms with Crippen molar-refractivity contribution in [1.29, 1.82) is 0 Å². The summed E-state index contributed by atoms with van der Waals surface area (Å²) in [6.45, 7) is 5.25. The van der Waals surface area contributed by atoms with Crippen LogP contribution < -0.4 is 5.32 Å². The minimum Gasteiger partial charge on any atom is -0.385 e. The van der Waals surface area contributed by atoms with Gasteiger partial charge in [0.2, 0.25) is 11.8 Å². The number of hydrogen-bond donors (Lipinski definition) is 1. The maximum atomic E-state index is 13.1.